The van der Waals surface area contributed by atoms with Crippen molar-refractivity contribution in [3.63, 3.8) is 0 Å². The number of hydrogen-bond donors (Lipinski definition) is 1. The first-order chi connectivity index (χ1) is 11.8. The molecule has 0 spiro atoms. The molecular weight excluding hydrogens is 361 g/mol. The van der Waals surface area contributed by atoms with Crippen LogP contribution in [0, 0.1) is 11.8 Å². The molecule has 0 unspecified atom stereocenters. The van der Waals surface area contributed by atoms with Crippen molar-refractivity contribution in [3.05, 3.63) is 28.2 Å². The van der Waals surface area contributed by atoms with Crippen LogP contribution in [0.25, 0.3) is 0 Å². The fraction of sp³-hybridized carbons (Fsp3) is 0.556. The van der Waals surface area contributed by atoms with E-state index in [1.165, 1.54) is 11.3 Å². The summed E-state index contributed by atoms with van der Waals surface area (Å²) in [6.07, 6.45) is 1.20. The highest BCUT2D eigenvalue weighted by molar-refractivity contribution is 6.39. The smallest absolute Gasteiger partial charge is 0.244 e. The second kappa shape index (κ2) is 8.88. The lowest BCUT2D eigenvalue weighted by molar-refractivity contribution is -0.134. The predicted octanol–water partition coefficient (Wildman–Crippen LogP) is 3.37. The van der Waals surface area contributed by atoms with Gasteiger partial charge in [0.25, 0.3) is 0 Å². The van der Waals surface area contributed by atoms with E-state index in [9.17, 15) is 9.59 Å². The summed E-state index contributed by atoms with van der Waals surface area (Å²) >= 11 is 12.1. The van der Waals surface area contributed by atoms with Gasteiger partial charge in [-0.25, -0.2) is 0 Å². The highest BCUT2D eigenvalue weighted by Crippen LogP contribution is 2.29. The average molecular weight is 386 g/mol. The maximum Gasteiger partial charge on any atom is 0.244 e. The van der Waals surface area contributed by atoms with E-state index < -0.39 is 0 Å². The van der Waals surface area contributed by atoms with Crippen LogP contribution in [0.3, 0.4) is 0 Å². The Morgan fingerprint density at radius 3 is 2.32 bits per heavy atom. The Morgan fingerprint density at radius 1 is 1.20 bits per heavy atom. The topological polar surface area (TPSA) is 52.7 Å². The maximum atomic E-state index is 12.4. The molecular formula is C18H25Cl2N3O2. The van der Waals surface area contributed by atoms with E-state index in [-0.39, 0.29) is 18.4 Å². The molecule has 1 fully saturated rings. The predicted molar refractivity (Wildman–Crippen MR) is 102 cm³/mol. The van der Waals surface area contributed by atoms with Gasteiger partial charge in [0, 0.05) is 20.1 Å². The highest BCUT2D eigenvalue weighted by Gasteiger charge is 2.25. The molecule has 1 heterocycles. The molecule has 2 atom stereocenters. The number of nitrogens with zero attached hydrogens (tertiary/aromatic N) is 2. The third kappa shape index (κ3) is 5.87. The molecule has 1 aliphatic heterocycles. The number of amides is 2. The van der Waals surface area contributed by atoms with Crippen molar-refractivity contribution in [2.45, 2.75) is 20.3 Å². The first kappa shape index (κ1) is 20.0. The first-order valence-corrected chi connectivity index (χ1v) is 9.22. The number of likely N-dealkylation sites (tertiary alicyclic amines) is 1. The standard InChI is InChI=1S/C18H25Cl2N3O2/c1-12-7-13(2)9-23(8-12)11-17(25)22(3)10-16(24)21-18-14(19)5-4-6-15(18)20/h4-6,12-13H,7-11H2,1-3H3,(H,21,24)/t12-,13-/m1/s1. The van der Waals surface area contributed by atoms with Gasteiger partial charge in [-0.15, -0.1) is 0 Å². The number of para-hydroxylation sites is 1. The molecule has 1 aromatic carbocycles. The SMILES string of the molecule is C[C@@H]1C[C@@H](C)CN(CC(=O)N(C)CC(=O)Nc2c(Cl)cccc2Cl)C1. The van der Waals surface area contributed by atoms with Crippen LogP contribution < -0.4 is 5.32 Å². The molecule has 1 N–H and O–H groups in total. The number of piperidine rings is 1. The third-order valence-corrected chi connectivity index (χ3v) is 4.97. The van der Waals surface area contributed by atoms with Crippen molar-refractivity contribution < 1.29 is 9.59 Å². The number of carbonyl (C=O) groups excluding carboxylic acids is 2. The van der Waals surface area contributed by atoms with Gasteiger partial charge in [-0.2, -0.15) is 0 Å². The summed E-state index contributed by atoms with van der Waals surface area (Å²) in [7, 11) is 1.63. The van der Waals surface area contributed by atoms with E-state index in [2.05, 4.69) is 24.1 Å². The Labute approximate surface area is 159 Å². The molecule has 0 saturated carbocycles. The minimum Gasteiger partial charge on any atom is -0.335 e. The Bertz CT molecular complexity index is 608. The summed E-state index contributed by atoms with van der Waals surface area (Å²) in [5.74, 6) is 0.785. The molecule has 1 aromatic rings. The molecule has 0 bridgehead atoms. The number of hydrogen-bond acceptors (Lipinski definition) is 3. The van der Waals surface area contributed by atoms with Crippen LogP contribution in [0.1, 0.15) is 20.3 Å². The average Bonchev–Trinajstić information content (AvgIpc) is 2.50. The van der Waals surface area contributed by atoms with Crippen molar-refractivity contribution in [3.8, 4) is 0 Å². The van der Waals surface area contributed by atoms with Crippen LogP contribution in [0.4, 0.5) is 5.69 Å². The molecule has 138 valence electrons. The van der Waals surface area contributed by atoms with Gasteiger partial charge in [-0.1, -0.05) is 43.1 Å². The number of anilines is 1. The van der Waals surface area contributed by atoms with Crippen LogP contribution in [-0.4, -0.2) is 54.8 Å². The summed E-state index contributed by atoms with van der Waals surface area (Å²) in [5.41, 5.74) is 0.371. The highest BCUT2D eigenvalue weighted by atomic mass is 35.5. The molecule has 1 aliphatic rings. The molecule has 2 amide bonds. The monoisotopic (exact) mass is 385 g/mol. The van der Waals surface area contributed by atoms with E-state index in [0.29, 0.717) is 34.1 Å². The van der Waals surface area contributed by atoms with E-state index in [1.54, 1.807) is 25.2 Å². The normalized spacial score (nSPS) is 21.0. The molecule has 0 aliphatic carbocycles. The zero-order valence-electron chi connectivity index (χ0n) is 14.9. The first-order valence-electron chi connectivity index (χ1n) is 8.46. The van der Waals surface area contributed by atoms with Gasteiger partial charge in [0.2, 0.25) is 11.8 Å². The van der Waals surface area contributed by atoms with Gasteiger partial charge in [0.15, 0.2) is 0 Å². The van der Waals surface area contributed by atoms with Gasteiger partial charge >= 0.3 is 0 Å². The largest absolute Gasteiger partial charge is 0.335 e. The number of likely N-dealkylation sites (N-methyl/N-ethyl adjacent to an activating group) is 1. The summed E-state index contributed by atoms with van der Waals surface area (Å²) < 4.78 is 0. The van der Waals surface area contributed by atoms with Crippen molar-refractivity contribution in [2.24, 2.45) is 11.8 Å². The molecule has 25 heavy (non-hydrogen) atoms. The van der Waals surface area contributed by atoms with Crippen molar-refractivity contribution >= 4 is 40.7 Å². The molecule has 0 radical (unpaired) electrons. The van der Waals surface area contributed by atoms with Gasteiger partial charge in [0.05, 0.1) is 28.8 Å². The second-order valence-electron chi connectivity index (χ2n) is 7.03. The molecule has 5 nitrogen and oxygen atoms in total. The van der Waals surface area contributed by atoms with E-state index >= 15 is 0 Å². The Balaban J connectivity index is 1.87. The van der Waals surface area contributed by atoms with Crippen LogP contribution in [0.5, 0.6) is 0 Å². The van der Waals surface area contributed by atoms with Gasteiger partial charge < -0.3 is 10.2 Å². The summed E-state index contributed by atoms with van der Waals surface area (Å²) in [4.78, 5) is 28.2. The third-order valence-electron chi connectivity index (χ3n) is 4.34. The summed E-state index contributed by atoms with van der Waals surface area (Å²) in [6, 6.07) is 5.00. The fourth-order valence-corrected chi connectivity index (χ4v) is 3.82. The lowest BCUT2D eigenvalue weighted by Crippen LogP contribution is -2.46. The lowest BCUT2D eigenvalue weighted by atomic mass is 9.92. The van der Waals surface area contributed by atoms with E-state index in [1.807, 2.05) is 0 Å². The maximum absolute atomic E-state index is 12.4. The van der Waals surface area contributed by atoms with Crippen LogP contribution in [0.15, 0.2) is 18.2 Å². The lowest BCUT2D eigenvalue weighted by Gasteiger charge is -2.35. The number of halogens is 2. The number of rotatable bonds is 5. The minimum absolute atomic E-state index is 0.0423. The van der Waals surface area contributed by atoms with Gasteiger partial charge in [0.1, 0.15) is 0 Å². The van der Waals surface area contributed by atoms with E-state index in [4.69, 9.17) is 23.2 Å². The Hall–Kier alpha value is -1.30. The van der Waals surface area contributed by atoms with Crippen LogP contribution >= 0.6 is 23.2 Å². The molecule has 1 saturated heterocycles. The fourth-order valence-electron chi connectivity index (χ4n) is 3.33. The number of carbonyl (C=O) groups is 2. The van der Waals surface area contributed by atoms with Crippen LogP contribution in [-0.2, 0) is 9.59 Å². The Morgan fingerprint density at radius 2 is 1.76 bits per heavy atom. The molecule has 7 heteroatoms. The zero-order valence-corrected chi connectivity index (χ0v) is 16.4. The van der Waals surface area contributed by atoms with Gasteiger partial charge in [-0.05, 0) is 30.4 Å². The number of nitrogens with one attached hydrogen (secondary N) is 1. The van der Waals surface area contributed by atoms with Crippen molar-refractivity contribution in [2.75, 3.05) is 38.5 Å². The molecule has 2 rings (SSSR count). The van der Waals surface area contributed by atoms with E-state index in [0.717, 1.165) is 13.1 Å². The Kier molecular flexibility index (Phi) is 7.11. The van der Waals surface area contributed by atoms with Crippen molar-refractivity contribution in [1.29, 1.82) is 0 Å². The summed E-state index contributed by atoms with van der Waals surface area (Å²) in [5, 5.41) is 3.41. The van der Waals surface area contributed by atoms with Crippen LogP contribution in [0.2, 0.25) is 10.0 Å². The zero-order chi connectivity index (χ0) is 18.6. The number of benzene rings is 1. The second-order valence-corrected chi connectivity index (χ2v) is 7.85. The van der Waals surface area contributed by atoms with Crippen molar-refractivity contribution in [1.82, 2.24) is 9.80 Å². The quantitative estimate of drug-likeness (QED) is 0.844. The minimum atomic E-state index is -0.328. The van der Waals surface area contributed by atoms with Gasteiger partial charge in [-0.3, -0.25) is 14.5 Å². The molecule has 0 aromatic heterocycles. The summed E-state index contributed by atoms with van der Waals surface area (Å²) in [6.45, 7) is 6.55.